The highest BCUT2D eigenvalue weighted by Crippen LogP contribution is 2.38. The van der Waals surface area contributed by atoms with E-state index in [9.17, 15) is 9.50 Å². The molecule has 3 rings (SSSR count). The predicted molar refractivity (Wildman–Crippen MR) is 76.9 cm³/mol. The SMILES string of the molecule is Oc1cccc2c1CCC2Nc1ccc(F)c(Br)c1. The van der Waals surface area contributed by atoms with Gasteiger partial charge < -0.3 is 10.4 Å². The maximum atomic E-state index is 13.2. The van der Waals surface area contributed by atoms with Crippen molar-refractivity contribution in [3.05, 3.63) is 57.8 Å². The van der Waals surface area contributed by atoms with Crippen molar-refractivity contribution in [3.63, 3.8) is 0 Å². The Morgan fingerprint density at radius 3 is 2.89 bits per heavy atom. The van der Waals surface area contributed by atoms with E-state index in [1.165, 1.54) is 6.07 Å². The highest BCUT2D eigenvalue weighted by molar-refractivity contribution is 9.10. The van der Waals surface area contributed by atoms with Gasteiger partial charge in [0.15, 0.2) is 0 Å². The number of aromatic hydroxyl groups is 1. The van der Waals surface area contributed by atoms with Crippen molar-refractivity contribution in [2.24, 2.45) is 0 Å². The average molecular weight is 322 g/mol. The largest absolute Gasteiger partial charge is 0.508 e. The van der Waals surface area contributed by atoms with Gasteiger partial charge in [0.1, 0.15) is 11.6 Å². The molecule has 1 unspecified atom stereocenters. The summed E-state index contributed by atoms with van der Waals surface area (Å²) in [6.07, 6.45) is 1.80. The van der Waals surface area contributed by atoms with E-state index < -0.39 is 0 Å². The quantitative estimate of drug-likeness (QED) is 0.859. The fourth-order valence-electron chi connectivity index (χ4n) is 2.57. The molecule has 0 aliphatic heterocycles. The molecule has 98 valence electrons. The van der Waals surface area contributed by atoms with Crippen LogP contribution in [0.5, 0.6) is 5.75 Å². The fourth-order valence-corrected chi connectivity index (χ4v) is 2.95. The molecule has 0 saturated heterocycles. The number of phenolic OH excluding ortho intramolecular Hbond substituents is 1. The fraction of sp³-hybridized carbons (Fsp3) is 0.200. The molecule has 19 heavy (non-hydrogen) atoms. The van der Waals surface area contributed by atoms with Gasteiger partial charge in [-0.25, -0.2) is 4.39 Å². The summed E-state index contributed by atoms with van der Waals surface area (Å²) in [6.45, 7) is 0. The van der Waals surface area contributed by atoms with Crippen molar-refractivity contribution in [2.75, 3.05) is 5.32 Å². The van der Waals surface area contributed by atoms with Crippen LogP contribution in [0, 0.1) is 5.82 Å². The normalized spacial score (nSPS) is 17.3. The van der Waals surface area contributed by atoms with Gasteiger partial charge in [-0.05, 0) is 64.2 Å². The van der Waals surface area contributed by atoms with E-state index >= 15 is 0 Å². The Morgan fingerprint density at radius 2 is 2.11 bits per heavy atom. The second-order valence-corrected chi connectivity index (χ2v) is 5.56. The lowest BCUT2D eigenvalue weighted by Gasteiger charge is -2.16. The minimum Gasteiger partial charge on any atom is -0.508 e. The van der Waals surface area contributed by atoms with E-state index in [1.807, 2.05) is 12.1 Å². The number of rotatable bonds is 2. The maximum Gasteiger partial charge on any atom is 0.137 e. The smallest absolute Gasteiger partial charge is 0.137 e. The molecule has 2 aromatic rings. The molecule has 2 nitrogen and oxygen atoms in total. The van der Waals surface area contributed by atoms with Crippen molar-refractivity contribution in [1.29, 1.82) is 0 Å². The number of phenols is 1. The van der Waals surface area contributed by atoms with Crippen molar-refractivity contribution < 1.29 is 9.50 Å². The molecule has 0 fully saturated rings. The third kappa shape index (κ3) is 2.32. The number of halogens is 2. The predicted octanol–water partition coefficient (Wildman–Crippen LogP) is 4.39. The Morgan fingerprint density at radius 1 is 1.26 bits per heavy atom. The van der Waals surface area contributed by atoms with Gasteiger partial charge in [-0.1, -0.05) is 12.1 Å². The Hall–Kier alpha value is -1.55. The van der Waals surface area contributed by atoms with Crippen molar-refractivity contribution in [2.45, 2.75) is 18.9 Å². The van der Waals surface area contributed by atoms with Crippen LogP contribution < -0.4 is 5.32 Å². The van der Waals surface area contributed by atoms with E-state index in [2.05, 4.69) is 21.2 Å². The van der Waals surface area contributed by atoms with Crippen LogP contribution in [-0.4, -0.2) is 5.11 Å². The summed E-state index contributed by atoms with van der Waals surface area (Å²) < 4.78 is 13.6. The number of fused-ring (bicyclic) bond motifs is 1. The molecule has 2 N–H and O–H groups in total. The summed E-state index contributed by atoms with van der Waals surface area (Å²) in [6, 6.07) is 10.7. The van der Waals surface area contributed by atoms with Gasteiger partial charge in [0.25, 0.3) is 0 Å². The molecule has 0 saturated carbocycles. The van der Waals surface area contributed by atoms with Gasteiger partial charge in [-0.2, -0.15) is 0 Å². The van der Waals surface area contributed by atoms with Crippen LogP contribution in [0.25, 0.3) is 0 Å². The first-order chi connectivity index (χ1) is 9.15. The highest BCUT2D eigenvalue weighted by atomic mass is 79.9. The first kappa shape index (κ1) is 12.5. The zero-order valence-electron chi connectivity index (χ0n) is 10.2. The molecule has 0 amide bonds. The Bertz CT molecular complexity index is 630. The minimum absolute atomic E-state index is 0.166. The highest BCUT2D eigenvalue weighted by Gasteiger charge is 2.24. The number of nitrogens with one attached hydrogen (secondary N) is 1. The summed E-state index contributed by atoms with van der Waals surface area (Å²) in [4.78, 5) is 0. The average Bonchev–Trinajstić information content (AvgIpc) is 2.79. The molecule has 0 aromatic heterocycles. The van der Waals surface area contributed by atoms with E-state index in [4.69, 9.17) is 0 Å². The van der Waals surface area contributed by atoms with Gasteiger partial charge in [-0.15, -0.1) is 0 Å². The van der Waals surface area contributed by atoms with Gasteiger partial charge in [0.05, 0.1) is 10.5 Å². The maximum absolute atomic E-state index is 13.2. The topological polar surface area (TPSA) is 32.3 Å². The summed E-state index contributed by atoms with van der Waals surface area (Å²) in [5.74, 6) is 0.0945. The Kier molecular flexibility index (Phi) is 3.19. The first-order valence-electron chi connectivity index (χ1n) is 6.17. The van der Waals surface area contributed by atoms with Gasteiger partial charge in [0, 0.05) is 5.69 Å². The zero-order chi connectivity index (χ0) is 13.4. The zero-order valence-corrected chi connectivity index (χ0v) is 11.7. The van der Waals surface area contributed by atoms with E-state index in [1.54, 1.807) is 18.2 Å². The summed E-state index contributed by atoms with van der Waals surface area (Å²) >= 11 is 3.18. The molecule has 0 radical (unpaired) electrons. The van der Waals surface area contributed by atoms with E-state index in [-0.39, 0.29) is 11.9 Å². The van der Waals surface area contributed by atoms with Crippen molar-refractivity contribution in [3.8, 4) is 5.75 Å². The standard InChI is InChI=1S/C15H13BrFNO/c16-12-8-9(4-6-13(12)17)18-14-7-5-11-10(14)2-1-3-15(11)19/h1-4,6,8,14,18-19H,5,7H2. The van der Waals surface area contributed by atoms with Crippen LogP contribution in [0.15, 0.2) is 40.9 Å². The van der Waals surface area contributed by atoms with E-state index in [0.717, 1.165) is 29.7 Å². The third-order valence-corrected chi connectivity index (χ3v) is 4.11. The van der Waals surface area contributed by atoms with Crippen LogP contribution >= 0.6 is 15.9 Å². The summed E-state index contributed by atoms with van der Waals surface area (Å²) in [5, 5.41) is 13.2. The lowest BCUT2D eigenvalue weighted by molar-refractivity contribution is 0.469. The van der Waals surface area contributed by atoms with Crippen LogP contribution in [0.4, 0.5) is 10.1 Å². The summed E-state index contributed by atoms with van der Waals surface area (Å²) in [5.41, 5.74) is 3.01. The number of hydrogen-bond donors (Lipinski definition) is 2. The van der Waals surface area contributed by atoms with Crippen LogP contribution in [0.1, 0.15) is 23.6 Å². The third-order valence-electron chi connectivity index (χ3n) is 3.51. The molecule has 0 bridgehead atoms. The number of hydrogen-bond acceptors (Lipinski definition) is 2. The molecule has 2 aromatic carbocycles. The van der Waals surface area contributed by atoms with Crippen molar-refractivity contribution in [1.82, 2.24) is 0 Å². The Balaban J connectivity index is 1.86. The van der Waals surface area contributed by atoms with E-state index in [0.29, 0.717) is 10.2 Å². The van der Waals surface area contributed by atoms with Crippen LogP contribution in [0.3, 0.4) is 0 Å². The first-order valence-corrected chi connectivity index (χ1v) is 6.97. The van der Waals surface area contributed by atoms with Crippen LogP contribution in [0.2, 0.25) is 0 Å². The second kappa shape index (κ2) is 4.85. The number of anilines is 1. The molecule has 1 aliphatic carbocycles. The van der Waals surface area contributed by atoms with Crippen LogP contribution in [-0.2, 0) is 6.42 Å². The molecular weight excluding hydrogens is 309 g/mol. The summed E-state index contributed by atoms with van der Waals surface area (Å²) in [7, 11) is 0. The minimum atomic E-state index is -0.269. The number of benzene rings is 2. The van der Waals surface area contributed by atoms with Crippen molar-refractivity contribution >= 4 is 21.6 Å². The Labute approximate surface area is 119 Å². The lowest BCUT2D eigenvalue weighted by atomic mass is 10.1. The molecule has 0 heterocycles. The van der Waals surface area contributed by atoms with Gasteiger partial charge >= 0.3 is 0 Å². The lowest BCUT2D eigenvalue weighted by Crippen LogP contribution is -2.07. The molecule has 0 spiro atoms. The molecule has 4 heteroatoms. The van der Waals surface area contributed by atoms with Gasteiger partial charge in [0.2, 0.25) is 0 Å². The monoisotopic (exact) mass is 321 g/mol. The molecule has 1 aliphatic rings. The molecule has 1 atom stereocenters. The molecular formula is C15H13BrFNO. The second-order valence-electron chi connectivity index (χ2n) is 4.71. The van der Waals surface area contributed by atoms with Gasteiger partial charge in [-0.3, -0.25) is 0 Å².